The number of nitrogens with zero attached hydrogens (tertiary/aromatic N) is 1. The fourth-order valence-electron chi connectivity index (χ4n) is 5.75. The molecule has 2 aliphatic rings. The van der Waals surface area contributed by atoms with Gasteiger partial charge in [-0.1, -0.05) is 59.4 Å². The van der Waals surface area contributed by atoms with Crippen LogP contribution in [0, 0.1) is 11.3 Å². The van der Waals surface area contributed by atoms with E-state index < -0.39 is 5.41 Å². The highest BCUT2D eigenvalue weighted by atomic mass is 16.6. The van der Waals surface area contributed by atoms with Crippen LogP contribution in [0.3, 0.4) is 0 Å². The fourth-order valence-corrected chi connectivity index (χ4v) is 5.75. The maximum atomic E-state index is 13.2. The number of hydrogen-bond acceptors (Lipinski definition) is 4. The number of ketones is 1. The van der Waals surface area contributed by atoms with Gasteiger partial charge in [-0.3, -0.25) is 14.6 Å². The maximum absolute atomic E-state index is 13.2. The van der Waals surface area contributed by atoms with Crippen molar-refractivity contribution >= 4 is 17.8 Å². The summed E-state index contributed by atoms with van der Waals surface area (Å²) in [5, 5.41) is 3.33. The number of Topliss-reactive ketones (excluding diaryl/α,β-unsaturated/α-hetero) is 1. The van der Waals surface area contributed by atoms with Crippen molar-refractivity contribution in [3.05, 3.63) is 35.7 Å². The second kappa shape index (κ2) is 12.0. The normalized spacial score (nSPS) is 32.4. The van der Waals surface area contributed by atoms with Crippen molar-refractivity contribution in [1.29, 1.82) is 0 Å². The van der Waals surface area contributed by atoms with Gasteiger partial charge in [0.05, 0.1) is 22.9 Å². The van der Waals surface area contributed by atoms with Gasteiger partial charge in [-0.25, -0.2) is 0 Å². The molecule has 1 aromatic rings. The van der Waals surface area contributed by atoms with Gasteiger partial charge < -0.3 is 10.1 Å². The molecule has 2 saturated heterocycles. The predicted molar refractivity (Wildman–Crippen MR) is 146 cm³/mol. The van der Waals surface area contributed by atoms with E-state index in [-0.39, 0.29) is 28.9 Å². The van der Waals surface area contributed by atoms with Gasteiger partial charge in [-0.05, 0) is 69.2 Å². The molecule has 5 nitrogen and oxygen atoms in total. The Hall–Kier alpha value is -2.01. The van der Waals surface area contributed by atoms with E-state index in [2.05, 4.69) is 44.1 Å². The Morgan fingerprint density at radius 1 is 1.17 bits per heavy atom. The quantitative estimate of drug-likeness (QED) is 0.443. The monoisotopic (exact) mass is 496 g/mol. The number of unbranched alkanes of at least 4 members (excludes halogenated alkanes) is 1. The number of pyridine rings is 1. The molecule has 3 heterocycles. The summed E-state index contributed by atoms with van der Waals surface area (Å²) < 4.78 is 6.62. The molecule has 200 valence electrons. The summed E-state index contributed by atoms with van der Waals surface area (Å²) >= 11 is 0. The second-order valence-electron chi connectivity index (χ2n) is 12.2. The van der Waals surface area contributed by atoms with E-state index in [4.69, 9.17) is 4.74 Å². The Morgan fingerprint density at radius 2 is 1.94 bits per heavy atom. The predicted octanol–water partition coefficient (Wildman–Crippen LogP) is 7.05. The summed E-state index contributed by atoms with van der Waals surface area (Å²) in [6.07, 6.45) is 13.6. The molecule has 0 saturated carbocycles. The van der Waals surface area contributed by atoms with Crippen LogP contribution < -0.4 is 5.32 Å². The number of epoxide rings is 1. The van der Waals surface area contributed by atoms with Crippen molar-refractivity contribution in [3.8, 4) is 0 Å². The van der Waals surface area contributed by atoms with Crippen molar-refractivity contribution in [2.24, 2.45) is 11.3 Å². The molecule has 0 bridgehead atoms. The minimum atomic E-state index is -0.483. The third-order valence-corrected chi connectivity index (χ3v) is 8.71. The number of nitrogens with one attached hydrogen (secondary N) is 1. The van der Waals surface area contributed by atoms with Crippen LogP contribution in [0.4, 0.5) is 0 Å². The van der Waals surface area contributed by atoms with Crippen molar-refractivity contribution in [1.82, 2.24) is 10.3 Å². The van der Waals surface area contributed by atoms with Gasteiger partial charge in [0.2, 0.25) is 5.91 Å². The molecule has 1 N–H and O–H groups in total. The Bertz CT molecular complexity index is 925. The lowest BCUT2D eigenvalue weighted by atomic mass is 9.78. The lowest BCUT2D eigenvalue weighted by molar-refractivity contribution is -0.128. The fraction of sp³-hybridized carbons (Fsp3) is 0.710. The van der Waals surface area contributed by atoms with E-state index in [1.54, 1.807) is 6.20 Å². The van der Waals surface area contributed by atoms with Crippen molar-refractivity contribution < 1.29 is 14.3 Å². The highest BCUT2D eigenvalue weighted by Gasteiger charge is 2.65. The molecule has 0 spiro atoms. The molecule has 3 rings (SSSR count). The molecule has 4 unspecified atom stereocenters. The van der Waals surface area contributed by atoms with E-state index in [1.165, 1.54) is 0 Å². The van der Waals surface area contributed by atoms with E-state index in [0.29, 0.717) is 25.2 Å². The van der Waals surface area contributed by atoms with Crippen LogP contribution in [0.15, 0.2) is 30.0 Å². The smallest absolute Gasteiger partial charge is 0.220 e. The minimum absolute atomic E-state index is 0.00287. The van der Waals surface area contributed by atoms with Crippen LogP contribution in [-0.4, -0.2) is 33.9 Å². The number of rotatable bonds is 5. The highest BCUT2D eigenvalue weighted by Crippen LogP contribution is 2.57. The first-order valence-corrected chi connectivity index (χ1v) is 14.1. The molecule has 0 aliphatic carbocycles. The molecule has 2 fully saturated rings. The van der Waals surface area contributed by atoms with E-state index >= 15 is 0 Å². The highest BCUT2D eigenvalue weighted by molar-refractivity contribution is 5.85. The summed E-state index contributed by atoms with van der Waals surface area (Å²) in [5.41, 5.74) is 1.11. The summed E-state index contributed by atoms with van der Waals surface area (Å²) in [6.45, 7) is 12.8. The number of amides is 1. The molecule has 4 atom stereocenters. The van der Waals surface area contributed by atoms with Gasteiger partial charge >= 0.3 is 0 Å². The maximum Gasteiger partial charge on any atom is 0.220 e. The zero-order chi connectivity index (χ0) is 26.4. The van der Waals surface area contributed by atoms with Gasteiger partial charge in [0.1, 0.15) is 5.78 Å². The van der Waals surface area contributed by atoms with Crippen LogP contribution in [0.1, 0.15) is 118 Å². The van der Waals surface area contributed by atoms with Gasteiger partial charge in [-0.2, -0.15) is 0 Å². The molecule has 2 aliphatic heterocycles. The van der Waals surface area contributed by atoms with Crippen LogP contribution in [0.2, 0.25) is 0 Å². The molecule has 36 heavy (non-hydrogen) atoms. The summed E-state index contributed by atoms with van der Waals surface area (Å²) in [5.74, 6) is 0.792. The number of fused-ring (bicyclic) bond motifs is 1. The Labute approximate surface area is 218 Å². The first-order chi connectivity index (χ1) is 17.0. The van der Waals surface area contributed by atoms with Crippen molar-refractivity contribution in [2.75, 3.05) is 0 Å². The standard InChI is InChI=1S/C31H48N2O3/c1-7-8-18-31-22-26(24(3)21-25-13-9-10-20-32-25)33-28(35)16-19-29(4,5)27(34)15-14-23(2)12-11-17-30(31,6)36-31/h9-10,13,20-21,23,26H,7-8,11-12,14-19,22H2,1-6H3,(H,33,35). The summed E-state index contributed by atoms with van der Waals surface area (Å²) in [4.78, 5) is 30.6. The third-order valence-electron chi connectivity index (χ3n) is 8.71. The Kier molecular flexibility index (Phi) is 9.54. The first kappa shape index (κ1) is 28.6. The third kappa shape index (κ3) is 7.27. The number of aromatic nitrogens is 1. The van der Waals surface area contributed by atoms with Gasteiger partial charge in [0, 0.05) is 30.9 Å². The van der Waals surface area contributed by atoms with Crippen LogP contribution >= 0.6 is 0 Å². The average molecular weight is 497 g/mol. The molecular formula is C31H48N2O3. The summed E-state index contributed by atoms with van der Waals surface area (Å²) in [7, 11) is 0. The Balaban J connectivity index is 1.89. The molecule has 5 heteroatoms. The minimum Gasteiger partial charge on any atom is -0.363 e. The van der Waals surface area contributed by atoms with E-state index in [0.717, 1.165) is 62.6 Å². The lowest BCUT2D eigenvalue weighted by Crippen LogP contribution is -2.41. The van der Waals surface area contributed by atoms with E-state index in [9.17, 15) is 9.59 Å². The van der Waals surface area contributed by atoms with Crippen LogP contribution in [-0.2, 0) is 14.3 Å². The molecule has 1 amide bonds. The largest absolute Gasteiger partial charge is 0.363 e. The molecular weight excluding hydrogens is 448 g/mol. The van der Waals surface area contributed by atoms with Crippen LogP contribution in [0.25, 0.3) is 6.08 Å². The van der Waals surface area contributed by atoms with Gasteiger partial charge in [0.25, 0.3) is 0 Å². The molecule has 1 aromatic heterocycles. The van der Waals surface area contributed by atoms with Gasteiger partial charge in [-0.15, -0.1) is 0 Å². The van der Waals surface area contributed by atoms with Crippen molar-refractivity contribution in [3.63, 3.8) is 0 Å². The number of ether oxygens (including phenoxy) is 1. The number of carbonyl (C=O) groups is 2. The van der Waals surface area contributed by atoms with E-state index in [1.807, 2.05) is 32.0 Å². The molecule has 0 radical (unpaired) electrons. The second-order valence-corrected chi connectivity index (χ2v) is 12.2. The zero-order valence-electron chi connectivity index (χ0n) is 23.5. The zero-order valence-corrected chi connectivity index (χ0v) is 23.5. The number of hydrogen-bond donors (Lipinski definition) is 1. The SMILES string of the molecule is CCCCC12CC(C(C)=Cc3ccccn3)NC(=O)CCC(C)(C)C(=O)CCC(C)CCCC1(C)O2. The van der Waals surface area contributed by atoms with Crippen LogP contribution in [0.5, 0.6) is 0 Å². The average Bonchev–Trinajstić information content (AvgIpc) is 3.42. The number of carbonyl (C=O) groups excluding carboxylic acids is 2. The van der Waals surface area contributed by atoms with Crippen molar-refractivity contribution in [2.45, 2.75) is 129 Å². The topological polar surface area (TPSA) is 71.6 Å². The summed E-state index contributed by atoms with van der Waals surface area (Å²) in [6, 6.07) is 5.74. The first-order valence-electron chi connectivity index (χ1n) is 14.1. The van der Waals surface area contributed by atoms with Gasteiger partial charge in [0.15, 0.2) is 0 Å². The molecule has 0 aromatic carbocycles. The Morgan fingerprint density at radius 3 is 2.64 bits per heavy atom. The lowest BCUT2D eigenvalue weighted by Gasteiger charge is -2.28.